The number of aryl methyl sites for hydroxylation is 1. The summed E-state index contributed by atoms with van der Waals surface area (Å²) >= 11 is 0. The quantitative estimate of drug-likeness (QED) is 0.694. The summed E-state index contributed by atoms with van der Waals surface area (Å²) in [5, 5.41) is 3.33. The van der Waals surface area contributed by atoms with E-state index in [4.69, 9.17) is 10.5 Å². The number of hydrogen-bond donors (Lipinski definition) is 2. The molecule has 1 aromatic heterocycles. The standard InChI is InChI=1S/C13H24N4O/c1-4-11-16-12(14)10(2)13(17-11)15-8-6-5-7-9-18-3/h4-9H2,1-3H3,(H3,14,15,16,17). The van der Waals surface area contributed by atoms with Crippen LogP contribution in [0.2, 0.25) is 0 Å². The smallest absolute Gasteiger partial charge is 0.134 e. The van der Waals surface area contributed by atoms with Gasteiger partial charge in [0.2, 0.25) is 0 Å². The first-order valence-electron chi connectivity index (χ1n) is 6.54. The summed E-state index contributed by atoms with van der Waals surface area (Å²) in [5.74, 6) is 2.23. The molecule has 0 aliphatic heterocycles. The third-order valence-corrected chi connectivity index (χ3v) is 2.86. The minimum absolute atomic E-state index is 0.573. The summed E-state index contributed by atoms with van der Waals surface area (Å²) in [4.78, 5) is 8.69. The first-order valence-corrected chi connectivity index (χ1v) is 6.54. The van der Waals surface area contributed by atoms with Crippen LogP contribution in [-0.4, -0.2) is 30.2 Å². The molecule has 102 valence electrons. The highest BCUT2D eigenvalue weighted by atomic mass is 16.5. The molecular formula is C13H24N4O. The number of nitrogen functional groups attached to an aromatic ring is 1. The van der Waals surface area contributed by atoms with Crippen molar-refractivity contribution in [1.29, 1.82) is 0 Å². The van der Waals surface area contributed by atoms with Crippen molar-refractivity contribution >= 4 is 11.6 Å². The second-order valence-corrected chi connectivity index (χ2v) is 4.33. The molecule has 1 heterocycles. The summed E-state index contributed by atoms with van der Waals surface area (Å²) in [6.45, 7) is 5.71. The summed E-state index contributed by atoms with van der Waals surface area (Å²) in [7, 11) is 1.73. The highest BCUT2D eigenvalue weighted by Crippen LogP contribution is 2.17. The first kappa shape index (κ1) is 14.7. The lowest BCUT2D eigenvalue weighted by Crippen LogP contribution is -2.10. The van der Waals surface area contributed by atoms with Gasteiger partial charge in [-0.05, 0) is 26.2 Å². The van der Waals surface area contributed by atoms with Gasteiger partial charge in [0.15, 0.2) is 0 Å². The number of nitrogens with two attached hydrogens (primary N) is 1. The molecule has 0 saturated heterocycles. The van der Waals surface area contributed by atoms with Crippen LogP contribution < -0.4 is 11.1 Å². The number of aromatic nitrogens is 2. The average molecular weight is 252 g/mol. The third-order valence-electron chi connectivity index (χ3n) is 2.86. The molecule has 0 aliphatic carbocycles. The van der Waals surface area contributed by atoms with Gasteiger partial charge in [0.25, 0.3) is 0 Å². The second kappa shape index (κ2) is 7.87. The molecule has 0 radical (unpaired) electrons. The van der Waals surface area contributed by atoms with Crippen LogP contribution in [0.3, 0.4) is 0 Å². The molecule has 0 aromatic carbocycles. The molecular weight excluding hydrogens is 228 g/mol. The van der Waals surface area contributed by atoms with Crippen LogP contribution in [0.15, 0.2) is 0 Å². The largest absolute Gasteiger partial charge is 0.385 e. The molecule has 0 saturated carbocycles. The maximum Gasteiger partial charge on any atom is 0.134 e. The molecule has 3 N–H and O–H groups in total. The van der Waals surface area contributed by atoms with E-state index in [2.05, 4.69) is 15.3 Å². The Balaban J connectivity index is 2.44. The lowest BCUT2D eigenvalue weighted by molar-refractivity contribution is 0.192. The van der Waals surface area contributed by atoms with Gasteiger partial charge in [0, 0.05) is 32.2 Å². The van der Waals surface area contributed by atoms with Crippen LogP contribution in [0, 0.1) is 6.92 Å². The highest BCUT2D eigenvalue weighted by molar-refractivity contribution is 5.54. The lowest BCUT2D eigenvalue weighted by Gasteiger charge is -2.11. The van der Waals surface area contributed by atoms with Crippen LogP contribution in [-0.2, 0) is 11.2 Å². The fourth-order valence-electron chi connectivity index (χ4n) is 1.67. The van der Waals surface area contributed by atoms with E-state index in [0.717, 1.165) is 56.0 Å². The van der Waals surface area contributed by atoms with E-state index in [9.17, 15) is 0 Å². The predicted molar refractivity (Wildman–Crippen MR) is 74.8 cm³/mol. The Morgan fingerprint density at radius 3 is 2.67 bits per heavy atom. The molecule has 18 heavy (non-hydrogen) atoms. The Labute approximate surface area is 109 Å². The summed E-state index contributed by atoms with van der Waals surface area (Å²) in [6, 6.07) is 0. The maximum atomic E-state index is 5.86. The van der Waals surface area contributed by atoms with Gasteiger partial charge in [0.1, 0.15) is 17.5 Å². The number of nitrogens with zero attached hydrogens (tertiary/aromatic N) is 2. The first-order chi connectivity index (χ1) is 8.69. The van der Waals surface area contributed by atoms with Crippen molar-refractivity contribution in [2.24, 2.45) is 0 Å². The molecule has 1 aromatic rings. The number of unbranched alkanes of at least 4 members (excludes halogenated alkanes) is 2. The second-order valence-electron chi connectivity index (χ2n) is 4.33. The van der Waals surface area contributed by atoms with Crippen LogP contribution >= 0.6 is 0 Å². The number of anilines is 2. The third kappa shape index (κ3) is 4.49. The lowest BCUT2D eigenvalue weighted by atomic mass is 10.2. The number of hydrogen-bond acceptors (Lipinski definition) is 5. The van der Waals surface area contributed by atoms with Gasteiger partial charge < -0.3 is 15.8 Å². The van der Waals surface area contributed by atoms with Crippen LogP contribution in [0.25, 0.3) is 0 Å². The normalized spacial score (nSPS) is 10.6. The summed E-state index contributed by atoms with van der Waals surface area (Å²) in [6.07, 6.45) is 4.16. The SMILES string of the molecule is CCc1nc(N)c(C)c(NCCCCCOC)n1. The van der Waals surface area contributed by atoms with Crippen molar-refractivity contribution < 1.29 is 4.74 Å². The van der Waals surface area contributed by atoms with E-state index in [1.807, 2.05) is 13.8 Å². The van der Waals surface area contributed by atoms with Crippen molar-refractivity contribution in [3.05, 3.63) is 11.4 Å². The van der Waals surface area contributed by atoms with Crippen LogP contribution in [0.1, 0.15) is 37.6 Å². The molecule has 0 fully saturated rings. The van der Waals surface area contributed by atoms with Gasteiger partial charge in [-0.3, -0.25) is 0 Å². The Morgan fingerprint density at radius 1 is 1.22 bits per heavy atom. The predicted octanol–water partition coefficient (Wildman–Crippen LogP) is 2.16. The molecule has 0 atom stereocenters. The van der Waals surface area contributed by atoms with Gasteiger partial charge in [-0.2, -0.15) is 0 Å². The van der Waals surface area contributed by atoms with Crippen LogP contribution in [0.4, 0.5) is 11.6 Å². The Kier molecular flexibility index (Phi) is 6.43. The number of nitrogens with one attached hydrogen (secondary N) is 1. The van der Waals surface area contributed by atoms with Gasteiger partial charge >= 0.3 is 0 Å². The minimum Gasteiger partial charge on any atom is -0.385 e. The molecule has 5 nitrogen and oxygen atoms in total. The zero-order chi connectivity index (χ0) is 13.4. The van der Waals surface area contributed by atoms with Crippen molar-refractivity contribution in [3.63, 3.8) is 0 Å². The van der Waals surface area contributed by atoms with Crippen molar-refractivity contribution in [2.75, 3.05) is 31.3 Å². The minimum atomic E-state index is 0.573. The van der Waals surface area contributed by atoms with E-state index >= 15 is 0 Å². The topological polar surface area (TPSA) is 73.1 Å². The fourth-order valence-corrected chi connectivity index (χ4v) is 1.67. The molecule has 5 heteroatoms. The van der Waals surface area contributed by atoms with Crippen molar-refractivity contribution in [3.8, 4) is 0 Å². The number of methoxy groups -OCH3 is 1. The van der Waals surface area contributed by atoms with E-state index in [1.54, 1.807) is 7.11 Å². The maximum absolute atomic E-state index is 5.86. The molecule has 0 bridgehead atoms. The Bertz CT molecular complexity index is 368. The van der Waals surface area contributed by atoms with Gasteiger partial charge in [-0.25, -0.2) is 9.97 Å². The zero-order valence-electron chi connectivity index (χ0n) is 11.6. The average Bonchev–Trinajstić information content (AvgIpc) is 2.38. The number of rotatable bonds is 8. The van der Waals surface area contributed by atoms with E-state index in [-0.39, 0.29) is 0 Å². The van der Waals surface area contributed by atoms with E-state index in [0.29, 0.717) is 5.82 Å². The molecule has 0 amide bonds. The van der Waals surface area contributed by atoms with E-state index in [1.165, 1.54) is 0 Å². The van der Waals surface area contributed by atoms with Gasteiger partial charge in [-0.1, -0.05) is 6.92 Å². The van der Waals surface area contributed by atoms with Crippen molar-refractivity contribution in [1.82, 2.24) is 9.97 Å². The molecule has 0 spiro atoms. The number of ether oxygens (including phenoxy) is 1. The monoisotopic (exact) mass is 252 g/mol. The van der Waals surface area contributed by atoms with Gasteiger partial charge in [0.05, 0.1) is 0 Å². The molecule has 0 aliphatic rings. The van der Waals surface area contributed by atoms with Gasteiger partial charge in [-0.15, -0.1) is 0 Å². The fraction of sp³-hybridized carbons (Fsp3) is 0.692. The highest BCUT2D eigenvalue weighted by Gasteiger charge is 2.06. The zero-order valence-corrected chi connectivity index (χ0v) is 11.6. The van der Waals surface area contributed by atoms with Crippen molar-refractivity contribution in [2.45, 2.75) is 39.5 Å². The summed E-state index contributed by atoms with van der Waals surface area (Å²) < 4.78 is 5.01. The van der Waals surface area contributed by atoms with Crippen LogP contribution in [0.5, 0.6) is 0 Å². The Hall–Kier alpha value is -1.36. The summed E-state index contributed by atoms with van der Waals surface area (Å²) in [5.41, 5.74) is 6.79. The Morgan fingerprint density at radius 2 is 2.00 bits per heavy atom. The molecule has 0 unspecified atom stereocenters. The molecule has 1 rings (SSSR count). The van der Waals surface area contributed by atoms with E-state index < -0.39 is 0 Å².